The minimum Gasteiger partial charge on any atom is -0.264 e. The van der Waals surface area contributed by atoms with Gasteiger partial charge in [0.25, 0.3) is 0 Å². The largest absolute Gasteiger partial charge is 0.264 e. The van der Waals surface area contributed by atoms with Crippen molar-refractivity contribution in [1.29, 1.82) is 0 Å². The van der Waals surface area contributed by atoms with Crippen molar-refractivity contribution in [3.63, 3.8) is 0 Å². The predicted octanol–water partition coefficient (Wildman–Crippen LogP) is 2.54. The lowest BCUT2D eigenvalue weighted by Crippen LogP contribution is -1.79. The molecule has 0 aliphatic carbocycles. The van der Waals surface area contributed by atoms with Crippen LogP contribution in [0.3, 0.4) is 0 Å². The maximum atomic E-state index is 4.11. The zero-order chi connectivity index (χ0) is 7.68. The molecular weight excluding hydrogens is 134 g/mol. The van der Waals surface area contributed by atoms with Crippen LogP contribution in [0.5, 0.6) is 0 Å². The summed E-state index contributed by atoms with van der Waals surface area (Å²) < 4.78 is 0. The summed E-state index contributed by atoms with van der Waals surface area (Å²) in [4.78, 5) is 4.11. The molecule has 54 valence electrons. The van der Waals surface area contributed by atoms with Crippen LogP contribution in [0.2, 0.25) is 0 Å². The van der Waals surface area contributed by atoms with E-state index in [1.165, 1.54) is 16.3 Å². The number of nitrogens with zero attached hydrogens (tertiary/aromatic N) is 1. The van der Waals surface area contributed by atoms with Crippen LogP contribution in [0.1, 0.15) is 5.56 Å². The summed E-state index contributed by atoms with van der Waals surface area (Å²) in [5.74, 6) is 0. The van der Waals surface area contributed by atoms with E-state index in [4.69, 9.17) is 0 Å². The number of fused-ring (bicyclic) bond motifs is 1. The van der Waals surface area contributed by atoms with Gasteiger partial charge >= 0.3 is 0 Å². The molecule has 2 aromatic rings. The van der Waals surface area contributed by atoms with Crippen molar-refractivity contribution < 1.29 is 0 Å². The van der Waals surface area contributed by atoms with Crippen LogP contribution in [-0.2, 0) is 0 Å². The minimum absolute atomic E-state index is 1.22. The molecule has 2 rings (SSSR count). The number of hydrogen-bond acceptors (Lipinski definition) is 1. The van der Waals surface area contributed by atoms with Gasteiger partial charge in [-0.1, -0.05) is 24.3 Å². The number of aryl methyl sites for hydroxylation is 1. The molecule has 0 atom stereocenters. The highest BCUT2D eigenvalue weighted by atomic mass is 14.6. The van der Waals surface area contributed by atoms with Gasteiger partial charge in [0, 0.05) is 17.8 Å². The maximum Gasteiger partial charge on any atom is 0.0346 e. The second kappa shape index (κ2) is 2.35. The smallest absolute Gasteiger partial charge is 0.0346 e. The topological polar surface area (TPSA) is 12.9 Å². The molecule has 0 N–H and O–H groups in total. The highest BCUT2D eigenvalue weighted by molar-refractivity contribution is 5.84. The molecule has 0 amide bonds. The average molecular weight is 143 g/mol. The lowest BCUT2D eigenvalue weighted by atomic mass is 10.1. The van der Waals surface area contributed by atoms with Gasteiger partial charge in [0.2, 0.25) is 0 Å². The summed E-state index contributed by atoms with van der Waals surface area (Å²) >= 11 is 0. The van der Waals surface area contributed by atoms with Crippen molar-refractivity contribution in [3.05, 3.63) is 42.2 Å². The van der Waals surface area contributed by atoms with Gasteiger partial charge in [0.1, 0.15) is 0 Å². The first-order chi connectivity index (χ1) is 5.38. The molecule has 11 heavy (non-hydrogen) atoms. The molecule has 1 aromatic heterocycles. The third-order valence-electron chi connectivity index (χ3n) is 1.87. The van der Waals surface area contributed by atoms with Crippen molar-refractivity contribution in [2.75, 3.05) is 0 Å². The number of pyridine rings is 1. The van der Waals surface area contributed by atoms with Crippen LogP contribution < -0.4 is 0 Å². The first-order valence-electron chi connectivity index (χ1n) is 3.67. The second-order valence-corrected chi connectivity index (χ2v) is 2.68. The van der Waals surface area contributed by atoms with E-state index in [0.29, 0.717) is 0 Å². The van der Waals surface area contributed by atoms with Gasteiger partial charge in [-0.15, -0.1) is 0 Å². The fourth-order valence-corrected chi connectivity index (χ4v) is 1.27. The van der Waals surface area contributed by atoms with Gasteiger partial charge in [-0.2, -0.15) is 0 Å². The fraction of sp³-hybridized carbons (Fsp3) is 0.100. The standard InChI is InChI=1S/C10H9N/c1-8-6-11-7-9-4-2-3-5-10(8)9/h2-7H,1H3. The van der Waals surface area contributed by atoms with Crippen LogP contribution in [0.15, 0.2) is 36.7 Å². The summed E-state index contributed by atoms with van der Waals surface area (Å²) in [5, 5.41) is 2.51. The zero-order valence-electron chi connectivity index (χ0n) is 6.41. The van der Waals surface area contributed by atoms with E-state index in [-0.39, 0.29) is 0 Å². The Hall–Kier alpha value is -1.37. The number of aromatic nitrogens is 1. The molecule has 0 spiro atoms. The first-order valence-corrected chi connectivity index (χ1v) is 3.67. The lowest BCUT2D eigenvalue weighted by molar-refractivity contribution is 1.31. The van der Waals surface area contributed by atoms with E-state index < -0.39 is 0 Å². The third kappa shape index (κ3) is 0.984. The Balaban J connectivity index is 2.91. The maximum absolute atomic E-state index is 4.11. The Bertz CT molecular complexity index is 374. The van der Waals surface area contributed by atoms with Crippen LogP contribution >= 0.6 is 0 Å². The summed E-state index contributed by atoms with van der Waals surface area (Å²) in [6, 6.07) is 8.28. The van der Waals surface area contributed by atoms with Gasteiger partial charge in [0.15, 0.2) is 0 Å². The lowest BCUT2D eigenvalue weighted by Gasteiger charge is -1.98. The van der Waals surface area contributed by atoms with E-state index in [1.807, 2.05) is 18.5 Å². The van der Waals surface area contributed by atoms with E-state index in [2.05, 4.69) is 30.1 Å². The average Bonchev–Trinajstić information content (AvgIpc) is 2.06. The van der Waals surface area contributed by atoms with Gasteiger partial charge in [-0.3, -0.25) is 4.98 Å². The van der Waals surface area contributed by atoms with Crippen molar-refractivity contribution >= 4 is 10.8 Å². The van der Waals surface area contributed by atoms with Gasteiger partial charge in [-0.25, -0.2) is 0 Å². The molecule has 1 heterocycles. The molecule has 0 aliphatic rings. The fourth-order valence-electron chi connectivity index (χ4n) is 1.27. The molecule has 0 unspecified atom stereocenters. The Labute approximate surface area is 65.7 Å². The zero-order valence-corrected chi connectivity index (χ0v) is 6.41. The Kier molecular flexibility index (Phi) is 1.35. The molecule has 0 radical (unpaired) electrons. The highest BCUT2D eigenvalue weighted by Gasteiger charge is 1.93. The Morgan fingerprint density at radius 3 is 2.73 bits per heavy atom. The molecule has 0 saturated carbocycles. The van der Waals surface area contributed by atoms with Gasteiger partial charge < -0.3 is 0 Å². The summed E-state index contributed by atoms with van der Waals surface area (Å²) in [6.45, 7) is 2.08. The monoisotopic (exact) mass is 143 g/mol. The molecule has 0 aliphatic heterocycles. The van der Waals surface area contributed by atoms with Crippen LogP contribution in [0, 0.1) is 6.92 Å². The van der Waals surface area contributed by atoms with Crippen molar-refractivity contribution in [2.24, 2.45) is 0 Å². The second-order valence-electron chi connectivity index (χ2n) is 2.68. The summed E-state index contributed by atoms with van der Waals surface area (Å²) in [7, 11) is 0. The normalized spacial score (nSPS) is 10.3. The van der Waals surface area contributed by atoms with E-state index in [9.17, 15) is 0 Å². The van der Waals surface area contributed by atoms with E-state index in [1.54, 1.807) is 0 Å². The highest BCUT2D eigenvalue weighted by Crippen LogP contribution is 2.14. The molecular formula is C10H9N. The van der Waals surface area contributed by atoms with Crippen LogP contribution in [0.4, 0.5) is 0 Å². The van der Waals surface area contributed by atoms with Crippen LogP contribution in [0.25, 0.3) is 10.8 Å². The third-order valence-corrected chi connectivity index (χ3v) is 1.87. The van der Waals surface area contributed by atoms with E-state index >= 15 is 0 Å². The van der Waals surface area contributed by atoms with Gasteiger partial charge in [-0.05, 0) is 17.9 Å². The molecule has 1 nitrogen and oxygen atoms in total. The van der Waals surface area contributed by atoms with Crippen LogP contribution in [-0.4, -0.2) is 4.98 Å². The van der Waals surface area contributed by atoms with E-state index in [0.717, 1.165) is 0 Å². The molecule has 0 fully saturated rings. The summed E-state index contributed by atoms with van der Waals surface area (Å²) in [5.41, 5.74) is 1.24. The number of hydrogen-bond donors (Lipinski definition) is 0. The van der Waals surface area contributed by atoms with Crippen molar-refractivity contribution in [2.45, 2.75) is 6.92 Å². The molecule has 1 aromatic carbocycles. The Morgan fingerprint density at radius 2 is 1.91 bits per heavy atom. The predicted molar refractivity (Wildman–Crippen MR) is 46.5 cm³/mol. The number of benzene rings is 1. The first kappa shape index (κ1) is 6.35. The minimum atomic E-state index is 1.22. The number of rotatable bonds is 0. The van der Waals surface area contributed by atoms with Gasteiger partial charge in [0.05, 0.1) is 0 Å². The SMILES string of the molecule is Cc1cncc2ccccc12. The van der Waals surface area contributed by atoms with Crippen molar-refractivity contribution in [1.82, 2.24) is 4.98 Å². The quantitative estimate of drug-likeness (QED) is 0.552. The van der Waals surface area contributed by atoms with Crippen molar-refractivity contribution in [3.8, 4) is 0 Å². The molecule has 0 saturated heterocycles. The Morgan fingerprint density at radius 1 is 1.09 bits per heavy atom. The molecule has 0 bridgehead atoms. The molecule has 1 heteroatoms. The summed E-state index contributed by atoms with van der Waals surface area (Å²) in [6.07, 6.45) is 3.78.